The van der Waals surface area contributed by atoms with Crippen LogP contribution in [0.3, 0.4) is 0 Å². The molecule has 2 heterocycles. The van der Waals surface area contributed by atoms with E-state index >= 15 is 4.39 Å². The van der Waals surface area contributed by atoms with Crippen LogP contribution in [-0.4, -0.2) is 25.9 Å². The molecule has 0 spiro atoms. The minimum atomic E-state index is -5.18. The first-order chi connectivity index (χ1) is 18.1. The molecule has 10 heteroatoms. The predicted molar refractivity (Wildman–Crippen MR) is 132 cm³/mol. The lowest BCUT2D eigenvalue weighted by atomic mass is 9.78. The average Bonchev–Trinajstić information content (AvgIpc) is 3.21. The van der Waals surface area contributed by atoms with Gasteiger partial charge < -0.3 is 14.2 Å². The molecule has 1 aliphatic heterocycles. The summed E-state index contributed by atoms with van der Waals surface area (Å²) < 4.78 is 97.1. The fourth-order valence-corrected chi connectivity index (χ4v) is 6.75. The van der Waals surface area contributed by atoms with E-state index in [1.54, 1.807) is 0 Å². The van der Waals surface area contributed by atoms with Crippen molar-refractivity contribution in [1.29, 1.82) is 0 Å². The van der Waals surface area contributed by atoms with Gasteiger partial charge in [0.05, 0.1) is 13.2 Å². The zero-order valence-corrected chi connectivity index (χ0v) is 21.6. The third kappa shape index (κ3) is 5.82. The second-order valence-corrected chi connectivity index (χ2v) is 11.1. The zero-order valence-electron chi connectivity index (χ0n) is 20.8. The Morgan fingerprint density at radius 2 is 1.58 bits per heavy atom. The summed E-state index contributed by atoms with van der Waals surface area (Å²) in [5.41, 5.74) is 1.50. The Kier molecular flexibility index (Phi) is 7.94. The van der Waals surface area contributed by atoms with E-state index in [1.807, 2.05) is 12.1 Å². The maximum absolute atomic E-state index is 15.1. The first-order valence-corrected chi connectivity index (χ1v) is 13.6. The number of aryl methyl sites for hydroxylation is 1. The van der Waals surface area contributed by atoms with E-state index in [1.165, 1.54) is 16.9 Å². The lowest BCUT2D eigenvalue weighted by Crippen LogP contribution is -2.37. The number of alkyl halides is 3. The molecule has 38 heavy (non-hydrogen) atoms. The summed E-state index contributed by atoms with van der Waals surface area (Å²) in [6, 6.07) is 7.70. The molecule has 0 radical (unpaired) electrons. The molecule has 2 fully saturated rings. The van der Waals surface area contributed by atoms with E-state index in [2.05, 4.69) is 17.7 Å². The van der Waals surface area contributed by atoms with Crippen LogP contribution in [0.1, 0.15) is 66.9 Å². The van der Waals surface area contributed by atoms with Gasteiger partial charge in [0.25, 0.3) is 0 Å². The zero-order chi connectivity index (χ0) is 27.0. The summed E-state index contributed by atoms with van der Waals surface area (Å²) in [4.78, 5) is 0.637. The van der Waals surface area contributed by atoms with Gasteiger partial charge in [-0.15, -0.1) is 24.5 Å². The molecule has 1 saturated heterocycles. The quantitative estimate of drug-likeness (QED) is 0.284. The maximum atomic E-state index is 15.1. The standard InChI is InChI=1S/C28H28F6O3S/c1-2-3-15-4-9-20-23(10-15)38-26(24(20)31)19-13-35-27(36-14-19)17-7-5-16(6-8-17)18-11-21(29)25(22(30)12-18)37-28(32,33)34/h4,9-12,16-17,19,27H,2-3,5-8,13-14H2,1H3. The number of thiophene rings is 1. The lowest BCUT2D eigenvalue weighted by Gasteiger charge is -2.37. The molecule has 1 saturated carbocycles. The van der Waals surface area contributed by atoms with Gasteiger partial charge in [-0.25, -0.2) is 13.2 Å². The monoisotopic (exact) mass is 558 g/mol. The second kappa shape index (κ2) is 11.1. The second-order valence-electron chi connectivity index (χ2n) is 10.1. The van der Waals surface area contributed by atoms with Crippen molar-refractivity contribution >= 4 is 21.4 Å². The topological polar surface area (TPSA) is 27.7 Å². The third-order valence-electron chi connectivity index (χ3n) is 7.42. The molecule has 1 aromatic heterocycles. The Morgan fingerprint density at radius 3 is 2.18 bits per heavy atom. The Balaban J connectivity index is 1.17. The molecule has 0 atom stereocenters. The molecular formula is C28H28F6O3S. The first kappa shape index (κ1) is 27.3. The number of hydrogen-bond donors (Lipinski definition) is 0. The van der Waals surface area contributed by atoms with E-state index in [0.29, 0.717) is 54.7 Å². The molecule has 2 aromatic carbocycles. The number of fused-ring (bicyclic) bond motifs is 1. The summed E-state index contributed by atoms with van der Waals surface area (Å²) in [5, 5.41) is 0.621. The fourth-order valence-electron chi connectivity index (χ4n) is 5.53. The van der Waals surface area contributed by atoms with Crippen molar-refractivity contribution in [1.82, 2.24) is 0 Å². The van der Waals surface area contributed by atoms with Crippen LogP contribution in [0.2, 0.25) is 0 Å². The van der Waals surface area contributed by atoms with Crippen LogP contribution in [0.5, 0.6) is 5.75 Å². The van der Waals surface area contributed by atoms with Crippen molar-refractivity contribution in [3.8, 4) is 5.75 Å². The van der Waals surface area contributed by atoms with E-state index in [0.717, 1.165) is 29.7 Å². The highest BCUT2D eigenvalue weighted by Gasteiger charge is 2.37. The van der Waals surface area contributed by atoms with Gasteiger partial charge in [-0.2, -0.15) is 0 Å². The lowest BCUT2D eigenvalue weighted by molar-refractivity contribution is -0.276. The number of ether oxygens (including phenoxy) is 3. The van der Waals surface area contributed by atoms with Gasteiger partial charge in [0.15, 0.2) is 17.9 Å². The van der Waals surface area contributed by atoms with Gasteiger partial charge >= 0.3 is 6.36 Å². The first-order valence-electron chi connectivity index (χ1n) is 12.8. The molecule has 0 N–H and O–H groups in total. The van der Waals surface area contributed by atoms with Crippen LogP contribution in [-0.2, 0) is 15.9 Å². The van der Waals surface area contributed by atoms with Gasteiger partial charge in [0.2, 0.25) is 5.75 Å². The Bertz CT molecular complexity index is 1250. The van der Waals surface area contributed by atoms with Crippen molar-refractivity contribution in [2.24, 2.45) is 5.92 Å². The van der Waals surface area contributed by atoms with E-state index in [4.69, 9.17) is 9.47 Å². The molecule has 0 bridgehead atoms. The van der Waals surface area contributed by atoms with E-state index in [-0.39, 0.29) is 23.6 Å². The molecule has 3 nitrogen and oxygen atoms in total. The van der Waals surface area contributed by atoms with Crippen molar-refractivity contribution in [3.63, 3.8) is 0 Å². The molecule has 1 aliphatic carbocycles. The molecule has 206 valence electrons. The van der Waals surface area contributed by atoms with Gasteiger partial charge in [0.1, 0.15) is 5.82 Å². The molecule has 2 aliphatic rings. The largest absolute Gasteiger partial charge is 0.573 e. The smallest absolute Gasteiger partial charge is 0.399 e. The van der Waals surface area contributed by atoms with Crippen LogP contribution < -0.4 is 4.74 Å². The number of benzene rings is 2. The SMILES string of the molecule is CCCc1ccc2c(F)c(C3COC(C4CCC(c5cc(F)c(OC(F)(F)F)c(F)c5)CC4)OC3)sc2c1. The summed E-state index contributed by atoms with van der Waals surface area (Å²) in [6.07, 6.45) is -1.15. The average molecular weight is 559 g/mol. The Morgan fingerprint density at radius 1 is 0.921 bits per heavy atom. The van der Waals surface area contributed by atoms with Crippen molar-refractivity contribution in [2.45, 2.75) is 69.9 Å². The minimum Gasteiger partial charge on any atom is -0.399 e. The van der Waals surface area contributed by atoms with Crippen LogP contribution >= 0.6 is 11.3 Å². The summed E-state index contributed by atoms with van der Waals surface area (Å²) in [5.74, 6) is -4.73. The molecule has 3 aromatic rings. The van der Waals surface area contributed by atoms with Gasteiger partial charge in [0, 0.05) is 26.8 Å². The number of halogens is 6. The molecule has 0 amide bonds. The summed E-state index contributed by atoms with van der Waals surface area (Å²) in [7, 11) is 0. The fraction of sp³-hybridized carbons (Fsp3) is 0.500. The van der Waals surface area contributed by atoms with Crippen LogP contribution in [0.25, 0.3) is 10.1 Å². The Labute approximate surface area is 220 Å². The Hall–Kier alpha value is -2.30. The van der Waals surface area contributed by atoms with Crippen LogP contribution in [0.15, 0.2) is 30.3 Å². The number of rotatable bonds is 6. The maximum Gasteiger partial charge on any atom is 0.573 e. The highest BCUT2D eigenvalue weighted by Crippen LogP contribution is 2.43. The molecular weight excluding hydrogens is 530 g/mol. The summed E-state index contributed by atoms with van der Waals surface area (Å²) >= 11 is 1.44. The highest BCUT2D eigenvalue weighted by molar-refractivity contribution is 7.19. The number of hydrogen-bond acceptors (Lipinski definition) is 4. The van der Waals surface area contributed by atoms with Crippen LogP contribution in [0, 0.1) is 23.4 Å². The van der Waals surface area contributed by atoms with E-state index in [9.17, 15) is 22.0 Å². The van der Waals surface area contributed by atoms with Crippen molar-refractivity contribution in [3.05, 3.63) is 63.8 Å². The van der Waals surface area contributed by atoms with Gasteiger partial charge in [-0.05, 0) is 67.3 Å². The molecule has 0 unspecified atom stereocenters. The van der Waals surface area contributed by atoms with Gasteiger partial charge in [-0.1, -0.05) is 25.5 Å². The van der Waals surface area contributed by atoms with Crippen LogP contribution in [0.4, 0.5) is 26.3 Å². The molecule has 5 rings (SSSR count). The predicted octanol–water partition coefficient (Wildman–Crippen LogP) is 8.60. The summed E-state index contributed by atoms with van der Waals surface area (Å²) in [6.45, 7) is 2.79. The highest BCUT2D eigenvalue weighted by atomic mass is 32.1. The normalized spacial score (nSPS) is 24.6. The van der Waals surface area contributed by atoms with Crippen molar-refractivity contribution < 1.29 is 40.6 Å². The van der Waals surface area contributed by atoms with Gasteiger partial charge in [-0.3, -0.25) is 0 Å². The van der Waals surface area contributed by atoms with Crippen molar-refractivity contribution in [2.75, 3.05) is 13.2 Å². The van der Waals surface area contributed by atoms with E-state index < -0.39 is 30.0 Å². The third-order valence-corrected chi connectivity index (χ3v) is 8.71. The minimum absolute atomic E-state index is 0.0681.